The number of imidazole rings is 1. The Morgan fingerprint density at radius 3 is 1.39 bits per heavy atom. The summed E-state index contributed by atoms with van der Waals surface area (Å²) >= 11 is 0. The van der Waals surface area contributed by atoms with Gasteiger partial charge >= 0.3 is 0 Å². The van der Waals surface area contributed by atoms with Crippen LogP contribution in [0.4, 0.5) is 5.82 Å². The molecule has 306 valence electrons. The number of aryl methyl sites for hydroxylation is 2. The minimum absolute atomic E-state index is 0.153. The summed E-state index contributed by atoms with van der Waals surface area (Å²) in [4.78, 5) is 22.1. The van der Waals surface area contributed by atoms with Gasteiger partial charge in [-0.3, -0.25) is 14.3 Å². The number of pyridine rings is 1. The standard InChI is InChI=1S/C40H77N3O.C9H7N/c1-4-7-9-11-13-15-17-19-21-23-25-27-29-31-33-35-38-42-37(6-3)40(41)43(38)39(44)36-34-32-30-28-26-24-22-20-18-16-14-12-10-8-5-2;1-2-6-9-8(4-1)5-3-7-10-9/h4-36,41H2,1-3H3;1-7H. The lowest BCUT2D eigenvalue weighted by molar-refractivity contribution is 0.0898. The van der Waals surface area contributed by atoms with E-state index < -0.39 is 0 Å². The van der Waals surface area contributed by atoms with Gasteiger partial charge in [0, 0.05) is 24.4 Å². The summed E-state index contributed by atoms with van der Waals surface area (Å²) in [7, 11) is 0. The van der Waals surface area contributed by atoms with E-state index in [-0.39, 0.29) is 5.91 Å². The summed E-state index contributed by atoms with van der Waals surface area (Å²) in [5, 5.41) is 1.20. The molecular formula is C49H84N4O. The van der Waals surface area contributed by atoms with Crippen LogP contribution in [0, 0.1) is 0 Å². The predicted molar refractivity (Wildman–Crippen MR) is 237 cm³/mol. The van der Waals surface area contributed by atoms with Crippen molar-refractivity contribution in [1.82, 2.24) is 14.5 Å². The highest BCUT2D eigenvalue weighted by Gasteiger charge is 2.18. The number of nitrogens with zero attached hydrogens (tertiary/aromatic N) is 3. The summed E-state index contributed by atoms with van der Waals surface area (Å²) in [5.74, 6) is 1.65. The van der Waals surface area contributed by atoms with Gasteiger partial charge in [-0.25, -0.2) is 4.98 Å². The Morgan fingerprint density at radius 2 is 0.944 bits per heavy atom. The van der Waals surface area contributed by atoms with E-state index in [9.17, 15) is 4.79 Å². The van der Waals surface area contributed by atoms with Crippen LogP contribution < -0.4 is 5.73 Å². The minimum Gasteiger partial charge on any atom is -0.383 e. The Morgan fingerprint density at radius 1 is 0.537 bits per heavy atom. The lowest BCUT2D eigenvalue weighted by atomic mass is 10.0. The molecule has 2 aromatic heterocycles. The molecule has 0 aliphatic rings. The molecule has 0 radical (unpaired) electrons. The number of fused-ring (bicyclic) bond motifs is 1. The minimum atomic E-state index is 0.153. The number of benzene rings is 1. The number of rotatable bonds is 33. The maximum atomic E-state index is 13.2. The second kappa shape index (κ2) is 33.6. The van der Waals surface area contributed by atoms with E-state index in [1.165, 1.54) is 179 Å². The van der Waals surface area contributed by atoms with E-state index in [1.54, 1.807) is 4.57 Å². The number of nitrogens with two attached hydrogens (primary N) is 1. The molecular weight excluding hydrogens is 661 g/mol. The van der Waals surface area contributed by atoms with E-state index in [1.807, 2.05) is 30.5 Å². The Bertz CT molecular complexity index is 1230. The van der Waals surface area contributed by atoms with Crippen molar-refractivity contribution in [1.29, 1.82) is 0 Å². The summed E-state index contributed by atoms with van der Waals surface area (Å²) < 4.78 is 1.77. The molecule has 0 saturated heterocycles. The van der Waals surface area contributed by atoms with Gasteiger partial charge in [0.25, 0.3) is 0 Å². The SMILES string of the molecule is CCCCCCCCCCCCCCCCCC(=O)n1c(CCCCCCCCCCCCCCCCC)nc(CC)c1N.c1ccc2ncccc2c1. The van der Waals surface area contributed by atoms with E-state index in [4.69, 9.17) is 10.7 Å². The van der Waals surface area contributed by atoms with E-state index in [0.29, 0.717) is 12.2 Å². The normalized spacial score (nSPS) is 11.2. The molecule has 2 N–H and O–H groups in total. The molecule has 0 amide bonds. The van der Waals surface area contributed by atoms with Gasteiger partial charge in [-0.1, -0.05) is 225 Å². The van der Waals surface area contributed by atoms with Crippen LogP contribution in [-0.2, 0) is 12.8 Å². The summed E-state index contributed by atoms with van der Waals surface area (Å²) in [6.07, 6.45) is 44.6. The van der Waals surface area contributed by atoms with Crippen molar-refractivity contribution in [3.05, 3.63) is 54.1 Å². The van der Waals surface area contributed by atoms with Crippen molar-refractivity contribution in [2.24, 2.45) is 0 Å². The van der Waals surface area contributed by atoms with Gasteiger partial charge in [0.05, 0.1) is 11.2 Å². The first-order valence-corrected chi connectivity index (χ1v) is 23.3. The van der Waals surface area contributed by atoms with Gasteiger partial charge < -0.3 is 5.73 Å². The van der Waals surface area contributed by atoms with Crippen molar-refractivity contribution in [3.8, 4) is 0 Å². The molecule has 3 aromatic rings. The van der Waals surface area contributed by atoms with Crippen LogP contribution in [0.15, 0.2) is 42.6 Å². The first-order valence-electron chi connectivity index (χ1n) is 23.3. The van der Waals surface area contributed by atoms with Crippen LogP contribution in [0.25, 0.3) is 10.9 Å². The number of nitrogen functional groups attached to an aromatic ring is 1. The first kappa shape index (κ1) is 47.5. The van der Waals surface area contributed by atoms with Crippen LogP contribution >= 0.6 is 0 Å². The summed E-state index contributed by atoms with van der Waals surface area (Å²) in [6, 6.07) is 12.1. The van der Waals surface area contributed by atoms with Crippen molar-refractivity contribution in [2.45, 2.75) is 233 Å². The van der Waals surface area contributed by atoms with Crippen LogP contribution in [0.3, 0.4) is 0 Å². The lowest BCUT2D eigenvalue weighted by Crippen LogP contribution is -2.16. The fraction of sp³-hybridized carbons (Fsp3) is 0.735. The zero-order valence-electron chi connectivity index (χ0n) is 35.7. The molecule has 1 aromatic carbocycles. The van der Waals surface area contributed by atoms with Crippen molar-refractivity contribution in [2.75, 3.05) is 5.73 Å². The van der Waals surface area contributed by atoms with E-state index in [2.05, 4.69) is 37.9 Å². The number of aromatic nitrogens is 3. The van der Waals surface area contributed by atoms with Crippen molar-refractivity contribution < 1.29 is 4.79 Å². The van der Waals surface area contributed by atoms with Gasteiger partial charge in [-0.15, -0.1) is 0 Å². The number of unbranched alkanes of at least 4 members (excludes halogenated alkanes) is 28. The first-order chi connectivity index (χ1) is 26.6. The monoisotopic (exact) mass is 745 g/mol. The highest BCUT2D eigenvalue weighted by atomic mass is 16.2. The molecule has 0 saturated carbocycles. The summed E-state index contributed by atoms with van der Waals surface area (Å²) in [5.41, 5.74) is 8.36. The third-order valence-corrected chi connectivity index (χ3v) is 11.2. The Balaban J connectivity index is 0.000000852. The van der Waals surface area contributed by atoms with Gasteiger partial charge in [0.1, 0.15) is 11.6 Å². The number of hydrogen-bond donors (Lipinski definition) is 1. The van der Waals surface area contributed by atoms with E-state index in [0.717, 1.165) is 49.1 Å². The van der Waals surface area contributed by atoms with Gasteiger partial charge in [-0.05, 0) is 31.4 Å². The molecule has 5 nitrogen and oxygen atoms in total. The molecule has 0 aliphatic heterocycles. The molecule has 0 unspecified atom stereocenters. The van der Waals surface area contributed by atoms with Crippen LogP contribution in [0.5, 0.6) is 0 Å². The third-order valence-electron chi connectivity index (χ3n) is 11.2. The second-order valence-electron chi connectivity index (χ2n) is 16.0. The second-order valence-corrected chi connectivity index (χ2v) is 16.0. The van der Waals surface area contributed by atoms with Crippen LogP contribution in [-0.4, -0.2) is 20.4 Å². The molecule has 0 aliphatic carbocycles. The Labute approximate surface area is 333 Å². The number of para-hydroxylation sites is 1. The maximum Gasteiger partial charge on any atom is 0.233 e. The fourth-order valence-corrected chi connectivity index (χ4v) is 7.67. The molecule has 0 atom stereocenters. The third kappa shape index (κ3) is 22.6. The van der Waals surface area contributed by atoms with Gasteiger partial charge in [0.2, 0.25) is 5.91 Å². The Hall–Kier alpha value is -2.69. The highest BCUT2D eigenvalue weighted by Crippen LogP contribution is 2.21. The molecule has 54 heavy (non-hydrogen) atoms. The molecule has 0 spiro atoms. The fourth-order valence-electron chi connectivity index (χ4n) is 7.67. The number of carbonyl (C=O) groups excluding carboxylic acids is 1. The van der Waals surface area contributed by atoms with Crippen molar-refractivity contribution in [3.63, 3.8) is 0 Å². The van der Waals surface area contributed by atoms with Gasteiger partial charge in [-0.2, -0.15) is 0 Å². The largest absolute Gasteiger partial charge is 0.383 e. The van der Waals surface area contributed by atoms with Crippen LogP contribution in [0.1, 0.15) is 236 Å². The van der Waals surface area contributed by atoms with Crippen molar-refractivity contribution >= 4 is 22.6 Å². The van der Waals surface area contributed by atoms with Crippen LogP contribution in [0.2, 0.25) is 0 Å². The topological polar surface area (TPSA) is 73.8 Å². The zero-order valence-corrected chi connectivity index (χ0v) is 35.7. The smallest absolute Gasteiger partial charge is 0.233 e. The zero-order chi connectivity index (χ0) is 38.7. The number of anilines is 1. The average molecular weight is 745 g/mol. The average Bonchev–Trinajstić information content (AvgIpc) is 3.52. The van der Waals surface area contributed by atoms with E-state index >= 15 is 0 Å². The molecule has 0 bridgehead atoms. The lowest BCUT2D eigenvalue weighted by Gasteiger charge is -2.09. The number of carbonyl (C=O) groups is 1. The Kier molecular flexibility index (Phi) is 29.6. The molecule has 5 heteroatoms. The number of hydrogen-bond acceptors (Lipinski definition) is 4. The highest BCUT2D eigenvalue weighted by molar-refractivity contribution is 5.83. The quantitative estimate of drug-likeness (QED) is 0.0630. The van der Waals surface area contributed by atoms with Gasteiger partial charge in [0.15, 0.2) is 0 Å². The molecule has 3 rings (SSSR count). The molecule has 2 heterocycles. The summed E-state index contributed by atoms with van der Waals surface area (Å²) in [6.45, 7) is 6.66. The maximum absolute atomic E-state index is 13.2. The predicted octanol–water partition coefficient (Wildman–Crippen LogP) is 15.6. The molecule has 0 fully saturated rings.